The van der Waals surface area contributed by atoms with E-state index in [2.05, 4.69) is 51.4 Å². The van der Waals surface area contributed by atoms with Gasteiger partial charge in [0.15, 0.2) is 0 Å². The molecule has 1 aromatic carbocycles. The molecular weight excluding hydrogens is 316 g/mol. The van der Waals surface area contributed by atoms with Gasteiger partial charge in [-0.3, -0.25) is 4.98 Å². The van der Waals surface area contributed by atoms with Crippen molar-refractivity contribution in [3.8, 4) is 5.75 Å². The summed E-state index contributed by atoms with van der Waals surface area (Å²) in [6, 6.07) is 10.6. The second-order valence-corrected chi connectivity index (χ2v) is 5.84. The van der Waals surface area contributed by atoms with Crippen molar-refractivity contribution in [2.24, 2.45) is 0 Å². The molecule has 20 heavy (non-hydrogen) atoms. The number of nitrogens with zero attached hydrogens (tertiary/aromatic N) is 1. The van der Waals surface area contributed by atoms with Crippen molar-refractivity contribution in [3.63, 3.8) is 0 Å². The van der Waals surface area contributed by atoms with Crippen LogP contribution in [0.5, 0.6) is 5.75 Å². The zero-order valence-corrected chi connectivity index (χ0v) is 12.9. The van der Waals surface area contributed by atoms with E-state index in [1.54, 1.807) is 6.20 Å². The van der Waals surface area contributed by atoms with E-state index in [1.807, 2.05) is 18.3 Å². The summed E-state index contributed by atoms with van der Waals surface area (Å²) < 4.78 is 7.21. The van der Waals surface area contributed by atoms with Gasteiger partial charge in [-0.15, -0.1) is 0 Å². The standard InChI is InChI=1S/C16H17BrN2O/c1-2-19-14-9-15(11-4-3-7-18-10-11)20-16-8-12(17)5-6-13(14)16/h3-8,10,14-15,19H,2,9H2,1H3. The molecule has 1 N–H and O–H groups in total. The van der Waals surface area contributed by atoms with Gasteiger partial charge in [-0.2, -0.15) is 0 Å². The Balaban J connectivity index is 1.95. The van der Waals surface area contributed by atoms with Crippen LogP contribution in [0, 0.1) is 0 Å². The molecule has 2 aromatic rings. The topological polar surface area (TPSA) is 34.2 Å². The van der Waals surface area contributed by atoms with Gasteiger partial charge < -0.3 is 10.1 Å². The molecular formula is C16H17BrN2O. The van der Waals surface area contributed by atoms with Crippen LogP contribution in [0.15, 0.2) is 47.2 Å². The first-order valence-electron chi connectivity index (χ1n) is 6.87. The minimum absolute atomic E-state index is 0.0505. The summed E-state index contributed by atoms with van der Waals surface area (Å²) in [6.45, 7) is 3.08. The van der Waals surface area contributed by atoms with E-state index in [4.69, 9.17) is 4.74 Å². The molecule has 2 atom stereocenters. The van der Waals surface area contributed by atoms with Crippen molar-refractivity contribution in [1.82, 2.24) is 10.3 Å². The van der Waals surface area contributed by atoms with Gasteiger partial charge in [0.05, 0.1) is 0 Å². The van der Waals surface area contributed by atoms with Gasteiger partial charge in [-0.05, 0) is 24.7 Å². The summed E-state index contributed by atoms with van der Waals surface area (Å²) in [4.78, 5) is 4.19. The van der Waals surface area contributed by atoms with E-state index in [1.165, 1.54) is 5.56 Å². The fourth-order valence-corrected chi connectivity index (χ4v) is 2.99. The average molecular weight is 333 g/mol. The summed E-state index contributed by atoms with van der Waals surface area (Å²) in [5.41, 5.74) is 2.36. The van der Waals surface area contributed by atoms with Gasteiger partial charge in [0, 0.05) is 40.5 Å². The number of ether oxygens (including phenoxy) is 1. The van der Waals surface area contributed by atoms with Gasteiger partial charge in [0.25, 0.3) is 0 Å². The number of pyridine rings is 1. The maximum atomic E-state index is 6.17. The number of benzene rings is 1. The van der Waals surface area contributed by atoms with E-state index < -0.39 is 0 Å². The third-order valence-corrected chi connectivity index (χ3v) is 4.07. The predicted octanol–water partition coefficient (Wildman–Crippen LogP) is 4.02. The summed E-state index contributed by atoms with van der Waals surface area (Å²) in [7, 11) is 0. The van der Waals surface area contributed by atoms with E-state index in [9.17, 15) is 0 Å². The Hall–Kier alpha value is -1.39. The van der Waals surface area contributed by atoms with Crippen molar-refractivity contribution in [1.29, 1.82) is 0 Å². The number of nitrogens with one attached hydrogen (secondary N) is 1. The van der Waals surface area contributed by atoms with Crippen LogP contribution >= 0.6 is 15.9 Å². The Kier molecular flexibility index (Phi) is 4.03. The third-order valence-electron chi connectivity index (χ3n) is 3.58. The van der Waals surface area contributed by atoms with Gasteiger partial charge in [0.2, 0.25) is 0 Å². The van der Waals surface area contributed by atoms with Crippen LogP contribution in [0.4, 0.5) is 0 Å². The lowest BCUT2D eigenvalue weighted by Gasteiger charge is -2.33. The van der Waals surface area contributed by atoms with Crippen molar-refractivity contribution in [3.05, 3.63) is 58.3 Å². The largest absolute Gasteiger partial charge is 0.485 e. The fraction of sp³-hybridized carbons (Fsp3) is 0.312. The number of aromatic nitrogens is 1. The molecule has 0 bridgehead atoms. The quantitative estimate of drug-likeness (QED) is 0.921. The first-order valence-corrected chi connectivity index (χ1v) is 7.66. The third kappa shape index (κ3) is 2.72. The normalized spacial score (nSPS) is 21.1. The average Bonchev–Trinajstić information content (AvgIpc) is 2.48. The predicted molar refractivity (Wildman–Crippen MR) is 82.8 cm³/mol. The summed E-state index contributed by atoms with van der Waals surface area (Å²) >= 11 is 3.51. The second kappa shape index (κ2) is 5.94. The van der Waals surface area contributed by atoms with E-state index in [0.717, 1.165) is 28.8 Å². The number of hydrogen-bond donors (Lipinski definition) is 1. The van der Waals surface area contributed by atoms with Crippen LogP contribution < -0.4 is 10.1 Å². The highest BCUT2D eigenvalue weighted by Crippen LogP contribution is 2.41. The van der Waals surface area contributed by atoms with E-state index in [-0.39, 0.29) is 6.10 Å². The van der Waals surface area contributed by atoms with Crippen molar-refractivity contribution < 1.29 is 4.74 Å². The molecule has 2 heterocycles. The van der Waals surface area contributed by atoms with E-state index >= 15 is 0 Å². The lowest BCUT2D eigenvalue weighted by molar-refractivity contribution is 0.151. The first kappa shape index (κ1) is 13.6. The molecule has 0 radical (unpaired) electrons. The highest BCUT2D eigenvalue weighted by Gasteiger charge is 2.28. The molecule has 3 rings (SSSR count). The van der Waals surface area contributed by atoms with Gasteiger partial charge in [-0.1, -0.05) is 35.0 Å². The molecule has 4 heteroatoms. The van der Waals surface area contributed by atoms with Gasteiger partial charge in [0.1, 0.15) is 11.9 Å². The lowest BCUT2D eigenvalue weighted by atomic mass is 9.93. The van der Waals surface area contributed by atoms with Crippen molar-refractivity contribution in [2.75, 3.05) is 6.54 Å². The van der Waals surface area contributed by atoms with Crippen LogP contribution in [-0.4, -0.2) is 11.5 Å². The zero-order valence-electron chi connectivity index (χ0n) is 11.3. The Morgan fingerprint density at radius 3 is 3.05 bits per heavy atom. The van der Waals surface area contributed by atoms with Crippen LogP contribution in [0.1, 0.15) is 36.6 Å². The van der Waals surface area contributed by atoms with Crippen molar-refractivity contribution in [2.45, 2.75) is 25.5 Å². The SMILES string of the molecule is CCNC1CC(c2cccnc2)Oc2cc(Br)ccc21. The molecule has 0 spiro atoms. The van der Waals surface area contributed by atoms with Gasteiger partial charge in [-0.25, -0.2) is 0 Å². The highest BCUT2D eigenvalue weighted by atomic mass is 79.9. The van der Waals surface area contributed by atoms with Gasteiger partial charge >= 0.3 is 0 Å². The molecule has 2 unspecified atom stereocenters. The van der Waals surface area contributed by atoms with Crippen LogP contribution in [0.25, 0.3) is 0 Å². The minimum Gasteiger partial charge on any atom is -0.485 e. The van der Waals surface area contributed by atoms with Crippen LogP contribution in [-0.2, 0) is 0 Å². The Labute approximate surface area is 127 Å². The summed E-state index contributed by atoms with van der Waals surface area (Å²) in [5, 5.41) is 3.54. The molecule has 0 fully saturated rings. The molecule has 104 valence electrons. The number of fused-ring (bicyclic) bond motifs is 1. The maximum absolute atomic E-state index is 6.17. The number of hydrogen-bond acceptors (Lipinski definition) is 3. The van der Waals surface area contributed by atoms with Crippen molar-refractivity contribution >= 4 is 15.9 Å². The van der Waals surface area contributed by atoms with Crippen LogP contribution in [0.2, 0.25) is 0 Å². The second-order valence-electron chi connectivity index (χ2n) is 4.92. The fourth-order valence-electron chi connectivity index (χ4n) is 2.65. The van der Waals surface area contributed by atoms with Crippen LogP contribution in [0.3, 0.4) is 0 Å². The zero-order chi connectivity index (χ0) is 13.9. The first-order chi connectivity index (χ1) is 9.78. The Morgan fingerprint density at radius 1 is 1.40 bits per heavy atom. The summed E-state index contributed by atoms with van der Waals surface area (Å²) in [5.74, 6) is 0.949. The number of halogens is 1. The monoisotopic (exact) mass is 332 g/mol. The Bertz CT molecular complexity index is 588. The molecule has 0 amide bonds. The molecule has 1 aliphatic heterocycles. The highest BCUT2D eigenvalue weighted by molar-refractivity contribution is 9.10. The maximum Gasteiger partial charge on any atom is 0.127 e. The number of rotatable bonds is 3. The molecule has 1 aliphatic rings. The molecule has 1 aromatic heterocycles. The summed E-state index contributed by atoms with van der Waals surface area (Å²) in [6.07, 6.45) is 4.65. The Morgan fingerprint density at radius 2 is 2.30 bits per heavy atom. The smallest absolute Gasteiger partial charge is 0.127 e. The molecule has 3 nitrogen and oxygen atoms in total. The molecule has 0 saturated heterocycles. The van der Waals surface area contributed by atoms with E-state index in [0.29, 0.717) is 6.04 Å². The molecule has 0 aliphatic carbocycles. The lowest BCUT2D eigenvalue weighted by Crippen LogP contribution is -2.29. The minimum atomic E-state index is 0.0505. The molecule has 0 saturated carbocycles.